The summed E-state index contributed by atoms with van der Waals surface area (Å²) in [6, 6.07) is 8.44. The lowest BCUT2D eigenvalue weighted by atomic mass is 10.1. The zero-order valence-corrected chi connectivity index (χ0v) is 12.5. The number of aryl methyl sites for hydroxylation is 1. The van der Waals surface area contributed by atoms with Gasteiger partial charge in [-0.2, -0.15) is 0 Å². The molecule has 0 radical (unpaired) electrons. The number of aliphatic hydroxyl groups is 1. The van der Waals surface area contributed by atoms with Gasteiger partial charge in [-0.15, -0.1) is 0 Å². The minimum atomic E-state index is -0.396. The van der Waals surface area contributed by atoms with E-state index in [9.17, 15) is 5.11 Å². The lowest BCUT2D eigenvalue weighted by Crippen LogP contribution is -2.32. The van der Waals surface area contributed by atoms with Crippen molar-refractivity contribution in [1.82, 2.24) is 5.32 Å². The Balaban J connectivity index is 1.55. The first-order chi connectivity index (χ1) is 9.75. The highest BCUT2D eigenvalue weighted by molar-refractivity contribution is 5.25. The van der Waals surface area contributed by atoms with Crippen LogP contribution in [0.3, 0.4) is 0 Å². The molecular formula is C17H27NO2. The van der Waals surface area contributed by atoms with E-state index in [0.717, 1.165) is 25.8 Å². The fourth-order valence-electron chi connectivity index (χ4n) is 2.74. The number of aliphatic hydroxyl groups excluding tert-OH is 1. The van der Waals surface area contributed by atoms with Gasteiger partial charge in [0.15, 0.2) is 0 Å². The summed E-state index contributed by atoms with van der Waals surface area (Å²) in [6.07, 6.45) is 5.86. The van der Waals surface area contributed by atoms with Gasteiger partial charge in [0.25, 0.3) is 0 Å². The Bertz CT molecular complexity index is 388. The van der Waals surface area contributed by atoms with Crippen LogP contribution in [0.15, 0.2) is 24.3 Å². The Kier molecular flexibility index (Phi) is 6.51. The number of hydrogen-bond acceptors (Lipinski definition) is 3. The molecular weight excluding hydrogens is 250 g/mol. The van der Waals surface area contributed by atoms with Gasteiger partial charge in [-0.05, 0) is 43.9 Å². The summed E-state index contributed by atoms with van der Waals surface area (Å²) in [7, 11) is 0. The fourth-order valence-corrected chi connectivity index (χ4v) is 2.74. The van der Waals surface area contributed by atoms with Crippen LogP contribution in [-0.2, 0) is 11.2 Å². The minimum Gasteiger partial charge on any atom is -0.389 e. The molecule has 2 rings (SSSR count). The van der Waals surface area contributed by atoms with Crippen molar-refractivity contribution in [2.75, 3.05) is 19.7 Å². The molecule has 1 aliphatic carbocycles. The van der Waals surface area contributed by atoms with Gasteiger partial charge in [-0.3, -0.25) is 0 Å². The van der Waals surface area contributed by atoms with Gasteiger partial charge in [0.2, 0.25) is 0 Å². The predicted octanol–water partition coefficient (Wildman–Crippen LogP) is 2.45. The second kappa shape index (κ2) is 8.40. The maximum atomic E-state index is 9.87. The number of hydrogen-bond donors (Lipinski definition) is 2. The van der Waals surface area contributed by atoms with E-state index in [-0.39, 0.29) is 0 Å². The third-order valence-corrected chi connectivity index (χ3v) is 4.04. The second-order valence-electron chi connectivity index (χ2n) is 5.77. The molecule has 1 aromatic carbocycles. The highest BCUT2D eigenvalue weighted by Crippen LogP contribution is 2.20. The Labute approximate surface area is 122 Å². The topological polar surface area (TPSA) is 41.5 Å². The summed E-state index contributed by atoms with van der Waals surface area (Å²) in [4.78, 5) is 0. The molecule has 0 amide bonds. The third-order valence-electron chi connectivity index (χ3n) is 4.04. The number of nitrogens with one attached hydrogen (secondary N) is 1. The summed E-state index contributed by atoms with van der Waals surface area (Å²) in [6.45, 7) is 4.10. The van der Waals surface area contributed by atoms with Crippen LogP contribution < -0.4 is 5.32 Å². The molecule has 1 aliphatic rings. The normalized spacial score (nSPS) is 17.5. The van der Waals surface area contributed by atoms with Crippen LogP contribution in [0, 0.1) is 6.92 Å². The highest BCUT2D eigenvalue weighted by Gasteiger charge is 2.16. The van der Waals surface area contributed by atoms with Crippen LogP contribution in [0.4, 0.5) is 0 Å². The molecule has 112 valence electrons. The van der Waals surface area contributed by atoms with Gasteiger partial charge < -0.3 is 15.2 Å². The first-order valence-corrected chi connectivity index (χ1v) is 7.80. The van der Waals surface area contributed by atoms with Gasteiger partial charge in [0.05, 0.1) is 18.8 Å². The van der Waals surface area contributed by atoms with Gasteiger partial charge in [0.1, 0.15) is 0 Å². The number of ether oxygens (including phenoxy) is 1. The molecule has 0 aromatic heterocycles. The van der Waals surface area contributed by atoms with Crippen LogP contribution in [0.5, 0.6) is 0 Å². The van der Waals surface area contributed by atoms with E-state index in [1.807, 2.05) is 0 Å². The standard InChI is InChI=1S/C17H27NO2/c1-14-6-2-3-7-15(14)10-11-18-12-16(19)13-20-17-8-4-5-9-17/h2-3,6-7,16-19H,4-5,8-13H2,1H3. The van der Waals surface area contributed by atoms with Crippen molar-refractivity contribution >= 4 is 0 Å². The zero-order chi connectivity index (χ0) is 14.2. The van der Waals surface area contributed by atoms with Crippen LogP contribution in [0.2, 0.25) is 0 Å². The molecule has 1 aromatic rings. The first-order valence-electron chi connectivity index (χ1n) is 7.80. The summed E-state index contributed by atoms with van der Waals surface area (Å²) in [5.41, 5.74) is 2.70. The Hall–Kier alpha value is -0.900. The van der Waals surface area contributed by atoms with E-state index in [1.165, 1.54) is 24.0 Å². The number of benzene rings is 1. The largest absolute Gasteiger partial charge is 0.389 e. The minimum absolute atomic E-state index is 0.386. The van der Waals surface area contributed by atoms with Crippen LogP contribution in [0.25, 0.3) is 0 Å². The monoisotopic (exact) mass is 277 g/mol. The molecule has 0 aliphatic heterocycles. The van der Waals surface area contributed by atoms with Crippen LogP contribution in [-0.4, -0.2) is 37.0 Å². The van der Waals surface area contributed by atoms with Crippen molar-refractivity contribution in [1.29, 1.82) is 0 Å². The van der Waals surface area contributed by atoms with Crippen molar-refractivity contribution < 1.29 is 9.84 Å². The summed E-state index contributed by atoms with van der Waals surface area (Å²) in [5, 5.41) is 13.2. The van der Waals surface area contributed by atoms with Crippen molar-refractivity contribution in [3.05, 3.63) is 35.4 Å². The summed E-state index contributed by atoms with van der Waals surface area (Å²) < 4.78 is 5.71. The first kappa shape index (κ1) is 15.5. The molecule has 2 N–H and O–H groups in total. The predicted molar refractivity (Wildman–Crippen MR) is 82.0 cm³/mol. The fraction of sp³-hybridized carbons (Fsp3) is 0.647. The second-order valence-corrected chi connectivity index (χ2v) is 5.77. The van der Waals surface area contributed by atoms with Crippen LogP contribution >= 0.6 is 0 Å². The maximum Gasteiger partial charge on any atom is 0.0897 e. The molecule has 0 saturated heterocycles. The summed E-state index contributed by atoms with van der Waals surface area (Å²) >= 11 is 0. The SMILES string of the molecule is Cc1ccccc1CCNCC(O)COC1CCCC1. The lowest BCUT2D eigenvalue weighted by Gasteiger charge is -2.16. The average molecular weight is 277 g/mol. The maximum absolute atomic E-state index is 9.87. The van der Waals surface area contributed by atoms with Crippen molar-refractivity contribution in [3.63, 3.8) is 0 Å². The molecule has 0 heterocycles. The Morgan fingerprint density at radius 1 is 1.30 bits per heavy atom. The van der Waals surface area contributed by atoms with E-state index in [1.54, 1.807) is 0 Å². The summed E-state index contributed by atoms with van der Waals surface area (Å²) in [5.74, 6) is 0. The molecule has 0 spiro atoms. The molecule has 1 unspecified atom stereocenters. The Morgan fingerprint density at radius 2 is 2.05 bits per heavy atom. The molecule has 0 bridgehead atoms. The van der Waals surface area contributed by atoms with Crippen LogP contribution in [0.1, 0.15) is 36.8 Å². The van der Waals surface area contributed by atoms with Crippen molar-refractivity contribution in [2.45, 2.75) is 51.2 Å². The number of rotatable bonds is 8. The molecule has 1 atom stereocenters. The quantitative estimate of drug-likeness (QED) is 0.717. The Morgan fingerprint density at radius 3 is 2.80 bits per heavy atom. The molecule has 20 heavy (non-hydrogen) atoms. The van der Waals surface area contributed by atoms with Gasteiger partial charge in [-0.1, -0.05) is 37.1 Å². The molecule has 3 heteroatoms. The van der Waals surface area contributed by atoms with E-state index in [4.69, 9.17) is 4.74 Å². The van der Waals surface area contributed by atoms with E-state index in [0.29, 0.717) is 19.3 Å². The molecule has 1 saturated carbocycles. The lowest BCUT2D eigenvalue weighted by molar-refractivity contribution is -0.00530. The van der Waals surface area contributed by atoms with E-state index >= 15 is 0 Å². The van der Waals surface area contributed by atoms with Gasteiger partial charge in [-0.25, -0.2) is 0 Å². The average Bonchev–Trinajstić information content (AvgIpc) is 2.96. The molecule has 1 fully saturated rings. The highest BCUT2D eigenvalue weighted by atomic mass is 16.5. The smallest absolute Gasteiger partial charge is 0.0897 e. The van der Waals surface area contributed by atoms with Gasteiger partial charge >= 0.3 is 0 Å². The molecule has 3 nitrogen and oxygen atoms in total. The van der Waals surface area contributed by atoms with Crippen molar-refractivity contribution in [2.24, 2.45) is 0 Å². The van der Waals surface area contributed by atoms with E-state index < -0.39 is 6.10 Å². The third kappa shape index (κ3) is 5.23. The van der Waals surface area contributed by atoms with Crippen molar-refractivity contribution in [3.8, 4) is 0 Å². The van der Waals surface area contributed by atoms with E-state index in [2.05, 4.69) is 36.5 Å². The zero-order valence-electron chi connectivity index (χ0n) is 12.5. The van der Waals surface area contributed by atoms with Gasteiger partial charge in [0, 0.05) is 6.54 Å².